The maximum atomic E-state index is 14.0. The summed E-state index contributed by atoms with van der Waals surface area (Å²) in [5.41, 5.74) is 0.854. The molecule has 0 aliphatic rings. The molecule has 0 radical (unpaired) electrons. The number of hydrogen-bond donors (Lipinski definition) is 0. The van der Waals surface area contributed by atoms with E-state index >= 15 is 0 Å². The van der Waals surface area contributed by atoms with Crippen molar-refractivity contribution in [2.75, 3.05) is 6.54 Å². The molecule has 0 saturated carbocycles. The van der Waals surface area contributed by atoms with Crippen molar-refractivity contribution in [1.29, 1.82) is 0 Å². The van der Waals surface area contributed by atoms with Crippen LogP contribution in [0.5, 0.6) is 0 Å². The molecule has 3 aromatic heterocycles. The second-order valence-corrected chi connectivity index (χ2v) is 7.00. The summed E-state index contributed by atoms with van der Waals surface area (Å²) in [6, 6.07) is 6.23. The van der Waals surface area contributed by atoms with E-state index in [4.69, 9.17) is 4.52 Å². The first kappa shape index (κ1) is 21.2. The average molecular weight is 439 g/mol. The van der Waals surface area contributed by atoms with Crippen LogP contribution in [0.2, 0.25) is 0 Å². The van der Waals surface area contributed by atoms with E-state index < -0.39 is 11.6 Å². The summed E-state index contributed by atoms with van der Waals surface area (Å²) >= 11 is 0. The van der Waals surface area contributed by atoms with Crippen LogP contribution in [0.3, 0.4) is 0 Å². The van der Waals surface area contributed by atoms with E-state index in [1.54, 1.807) is 4.90 Å². The zero-order chi connectivity index (χ0) is 22.7. The summed E-state index contributed by atoms with van der Waals surface area (Å²) in [6.07, 6.45) is 4.29. The summed E-state index contributed by atoms with van der Waals surface area (Å²) in [4.78, 5) is 24.4. The highest BCUT2D eigenvalue weighted by molar-refractivity contribution is 5.98. The number of carbonyl (C=O) groups is 1. The highest BCUT2D eigenvalue weighted by atomic mass is 19.1. The van der Waals surface area contributed by atoms with Gasteiger partial charge in [-0.3, -0.25) is 4.79 Å². The first-order chi connectivity index (χ1) is 15.5. The van der Waals surface area contributed by atoms with Crippen molar-refractivity contribution >= 4 is 5.91 Å². The molecule has 0 N–H and O–H groups in total. The molecule has 0 aliphatic carbocycles. The highest BCUT2D eigenvalue weighted by Crippen LogP contribution is 2.20. The molecule has 1 aromatic carbocycles. The molecule has 0 aliphatic heterocycles. The number of benzene rings is 1. The predicted octanol–water partition coefficient (Wildman–Crippen LogP) is 3.08. The van der Waals surface area contributed by atoms with Gasteiger partial charge in [0.1, 0.15) is 17.3 Å². The SMILES string of the molecule is CCN(C(=O)c1cc(F)ccc1-n1nccn1)[C@@H](C)Cc1noc(-c2ccc(F)cn2)n1. The number of halogens is 2. The van der Waals surface area contributed by atoms with Gasteiger partial charge in [-0.05, 0) is 44.2 Å². The number of rotatable bonds is 7. The number of hydrogen-bond acceptors (Lipinski definition) is 7. The molecule has 32 heavy (non-hydrogen) atoms. The van der Waals surface area contributed by atoms with Gasteiger partial charge < -0.3 is 9.42 Å². The lowest BCUT2D eigenvalue weighted by Crippen LogP contribution is -2.40. The summed E-state index contributed by atoms with van der Waals surface area (Å²) in [7, 11) is 0. The summed E-state index contributed by atoms with van der Waals surface area (Å²) in [5.74, 6) is -0.878. The summed E-state index contributed by atoms with van der Waals surface area (Å²) in [6.45, 7) is 4.02. The topological polar surface area (TPSA) is 103 Å². The molecular formula is C21H19F2N7O2. The molecule has 164 valence electrons. The molecule has 11 heteroatoms. The molecule has 3 heterocycles. The van der Waals surface area contributed by atoms with E-state index in [9.17, 15) is 13.6 Å². The van der Waals surface area contributed by atoms with E-state index in [0.29, 0.717) is 23.8 Å². The third kappa shape index (κ3) is 4.36. The van der Waals surface area contributed by atoms with Crippen molar-refractivity contribution in [1.82, 2.24) is 35.0 Å². The van der Waals surface area contributed by atoms with E-state index in [1.807, 2.05) is 13.8 Å². The number of likely N-dealkylation sites (N-methyl/N-ethyl adjacent to an activating group) is 1. The lowest BCUT2D eigenvalue weighted by atomic mass is 10.1. The molecular weight excluding hydrogens is 420 g/mol. The van der Waals surface area contributed by atoms with Gasteiger partial charge in [0.05, 0.1) is 29.8 Å². The highest BCUT2D eigenvalue weighted by Gasteiger charge is 2.25. The van der Waals surface area contributed by atoms with Gasteiger partial charge in [0, 0.05) is 19.0 Å². The fourth-order valence-corrected chi connectivity index (χ4v) is 3.32. The lowest BCUT2D eigenvalue weighted by Gasteiger charge is -2.28. The number of pyridine rings is 1. The number of amides is 1. The first-order valence-corrected chi connectivity index (χ1v) is 9.88. The quantitative estimate of drug-likeness (QED) is 0.436. The second kappa shape index (κ2) is 9.00. The first-order valence-electron chi connectivity index (χ1n) is 9.88. The van der Waals surface area contributed by atoms with Crippen LogP contribution < -0.4 is 0 Å². The van der Waals surface area contributed by atoms with Gasteiger partial charge in [0.2, 0.25) is 0 Å². The standard InChI is InChI=1S/C21H19F2N7O2/c1-3-29(21(31)16-11-14(22)5-7-18(16)30-25-8-9-26-30)13(2)10-19-27-20(32-28-19)17-6-4-15(23)12-24-17/h4-9,11-13H,3,10H2,1-2H3/t13-/m0/s1. The van der Waals surface area contributed by atoms with Crippen LogP contribution in [0.25, 0.3) is 17.3 Å². The molecule has 4 rings (SSSR count). The van der Waals surface area contributed by atoms with Crippen molar-refractivity contribution in [2.24, 2.45) is 0 Å². The molecule has 0 spiro atoms. The Bertz CT molecular complexity index is 1210. The normalized spacial score (nSPS) is 12.0. The maximum Gasteiger partial charge on any atom is 0.276 e. The Labute approximate surface area is 181 Å². The Morgan fingerprint density at radius 2 is 1.91 bits per heavy atom. The maximum absolute atomic E-state index is 14.0. The predicted molar refractivity (Wildman–Crippen MR) is 109 cm³/mol. The molecule has 0 bridgehead atoms. The second-order valence-electron chi connectivity index (χ2n) is 7.00. The third-order valence-corrected chi connectivity index (χ3v) is 4.85. The van der Waals surface area contributed by atoms with Crippen LogP contribution in [0, 0.1) is 11.6 Å². The number of carbonyl (C=O) groups excluding carboxylic acids is 1. The Kier molecular flexibility index (Phi) is 5.97. The van der Waals surface area contributed by atoms with Crippen molar-refractivity contribution in [3.8, 4) is 17.3 Å². The largest absolute Gasteiger partial charge is 0.336 e. The van der Waals surface area contributed by atoms with Crippen LogP contribution in [0.15, 0.2) is 53.4 Å². The van der Waals surface area contributed by atoms with Crippen LogP contribution in [-0.2, 0) is 6.42 Å². The molecule has 0 saturated heterocycles. The molecule has 1 atom stereocenters. The minimum Gasteiger partial charge on any atom is -0.336 e. The summed E-state index contributed by atoms with van der Waals surface area (Å²) < 4.78 is 32.3. The zero-order valence-electron chi connectivity index (χ0n) is 17.3. The Balaban J connectivity index is 1.55. The fraction of sp³-hybridized carbons (Fsp3) is 0.238. The smallest absolute Gasteiger partial charge is 0.276 e. The van der Waals surface area contributed by atoms with Gasteiger partial charge in [-0.25, -0.2) is 13.8 Å². The van der Waals surface area contributed by atoms with Crippen molar-refractivity contribution < 1.29 is 18.1 Å². The Morgan fingerprint density at radius 1 is 1.16 bits per heavy atom. The van der Waals surface area contributed by atoms with E-state index in [1.165, 1.54) is 47.5 Å². The van der Waals surface area contributed by atoms with Gasteiger partial charge in [0.25, 0.3) is 11.8 Å². The molecule has 1 amide bonds. The zero-order valence-corrected chi connectivity index (χ0v) is 17.3. The van der Waals surface area contributed by atoms with Crippen LogP contribution >= 0.6 is 0 Å². The van der Waals surface area contributed by atoms with Crippen molar-refractivity contribution in [3.63, 3.8) is 0 Å². The monoisotopic (exact) mass is 439 g/mol. The van der Waals surface area contributed by atoms with Crippen molar-refractivity contribution in [3.05, 3.63) is 71.9 Å². The molecule has 0 unspecified atom stereocenters. The minimum atomic E-state index is -0.539. The number of aromatic nitrogens is 6. The van der Waals surface area contributed by atoms with Gasteiger partial charge >= 0.3 is 0 Å². The lowest BCUT2D eigenvalue weighted by molar-refractivity contribution is 0.0700. The van der Waals surface area contributed by atoms with Gasteiger partial charge in [-0.1, -0.05) is 5.16 Å². The Morgan fingerprint density at radius 3 is 2.59 bits per heavy atom. The Hall–Kier alpha value is -4.02. The van der Waals surface area contributed by atoms with E-state index in [2.05, 4.69) is 25.3 Å². The van der Waals surface area contributed by atoms with E-state index in [0.717, 1.165) is 6.20 Å². The summed E-state index contributed by atoms with van der Waals surface area (Å²) in [5, 5.41) is 12.0. The van der Waals surface area contributed by atoms with Crippen LogP contribution in [-0.4, -0.2) is 53.5 Å². The molecule has 4 aromatic rings. The third-order valence-electron chi connectivity index (χ3n) is 4.85. The van der Waals surface area contributed by atoms with Gasteiger partial charge in [0.15, 0.2) is 5.82 Å². The van der Waals surface area contributed by atoms with Crippen LogP contribution in [0.1, 0.15) is 30.0 Å². The van der Waals surface area contributed by atoms with Gasteiger partial charge in [-0.15, -0.1) is 0 Å². The fourth-order valence-electron chi connectivity index (χ4n) is 3.32. The average Bonchev–Trinajstić information content (AvgIpc) is 3.47. The van der Waals surface area contributed by atoms with Gasteiger partial charge in [-0.2, -0.15) is 20.0 Å². The minimum absolute atomic E-state index is 0.138. The molecule has 0 fully saturated rings. The van der Waals surface area contributed by atoms with Crippen molar-refractivity contribution in [2.45, 2.75) is 26.3 Å². The van der Waals surface area contributed by atoms with E-state index in [-0.39, 0.29) is 29.8 Å². The number of nitrogens with zero attached hydrogens (tertiary/aromatic N) is 7. The van der Waals surface area contributed by atoms with Crippen LogP contribution in [0.4, 0.5) is 8.78 Å². The molecule has 9 nitrogen and oxygen atoms in total.